The largest absolute Gasteiger partial charge is 0.325 e. The van der Waals surface area contributed by atoms with Gasteiger partial charge in [-0.2, -0.15) is 0 Å². The second-order valence-corrected chi connectivity index (χ2v) is 8.45. The van der Waals surface area contributed by atoms with Crippen LogP contribution in [-0.4, -0.2) is 34.7 Å². The Kier molecular flexibility index (Phi) is 5.10. The molecule has 2 aliphatic rings. The van der Waals surface area contributed by atoms with Crippen LogP contribution in [0.25, 0.3) is 0 Å². The Bertz CT molecular complexity index is 766. The monoisotopic (exact) mass is 374 g/mol. The molecule has 3 amide bonds. The first-order valence-corrected chi connectivity index (χ1v) is 9.61. The molecule has 1 spiro atoms. The normalized spacial score (nSPS) is 25.8. The summed E-state index contributed by atoms with van der Waals surface area (Å²) >= 11 is 0. The van der Waals surface area contributed by atoms with E-state index in [-0.39, 0.29) is 23.4 Å². The topological polar surface area (TPSA) is 66.5 Å². The van der Waals surface area contributed by atoms with Gasteiger partial charge in [0.15, 0.2) is 5.78 Å². The van der Waals surface area contributed by atoms with Gasteiger partial charge in [0.1, 0.15) is 11.4 Å². The van der Waals surface area contributed by atoms with Crippen LogP contribution in [-0.2, 0) is 4.79 Å². The van der Waals surface area contributed by atoms with E-state index in [2.05, 4.69) is 26.1 Å². The number of amides is 3. The third-order valence-electron chi connectivity index (χ3n) is 6.55. The quantitative estimate of drug-likeness (QED) is 0.627. The molecule has 3 rings (SSSR count). The van der Waals surface area contributed by atoms with E-state index in [4.69, 9.17) is 0 Å². The summed E-state index contributed by atoms with van der Waals surface area (Å²) in [4.78, 5) is 38.7. The zero-order valence-corrected chi connectivity index (χ0v) is 16.2. The lowest BCUT2D eigenvalue weighted by Crippen LogP contribution is -2.51. The summed E-state index contributed by atoms with van der Waals surface area (Å²) in [5.74, 6) is -0.784. The molecule has 27 heavy (non-hydrogen) atoms. The molecular weight excluding hydrogens is 347 g/mol. The lowest BCUT2D eigenvalue weighted by Gasteiger charge is -2.42. The zero-order chi connectivity index (χ0) is 19.8. The second kappa shape index (κ2) is 7.06. The molecule has 1 aliphatic carbocycles. The minimum Gasteiger partial charge on any atom is -0.323 e. The van der Waals surface area contributed by atoms with Crippen LogP contribution in [0.4, 0.5) is 9.18 Å². The molecule has 1 saturated heterocycles. The average molecular weight is 374 g/mol. The fourth-order valence-electron chi connectivity index (χ4n) is 4.24. The highest BCUT2D eigenvalue weighted by molar-refractivity contribution is 6.11. The smallest absolute Gasteiger partial charge is 0.323 e. The number of ketones is 1. The van der Waals surface area contributed by atoms with Gasteiger partial charge in [-0.3, -0.25) is 14.5 Å². The van der Waals surface area contributed by atoms with Crippen LogP contribution in [0, 0.1) is 17.2 Å². The van der Waals surface area contributed by atoms with Crippen molar-refractivity contribution in [1.82, 2.24) is 10.2 Å². The Labute approximate surface area is 159 Å². The summed E-state index contributed by atoms with van der Waals surface area (Å²) in [6.07, 6.45) is 4.00. The number of nitrogens with zero attached hydrogens (tertiary/aromatic N) is 1. The predicted molar refractivity (Wildman–Crippen MR) is 99.7 cm³/mol. The van der Waals surface area contributed by atoms with Crippen LogP contribution in [0.5, 0.6) is 0 Å². The SMILES string of the molecule is CCC(C)(C)C1CCC2(CC1)NC(=O)N(CC(=O)c1cccc(F)c1)C2=O. The Hall–Kier alpha value is -2.24. The van der Waals surface area contributed by atoms with Gasteiger partial charge in [0.25, 0.3) is 5.91 Å². The van der Waals surface area contributed by atoms with Crippen LogP contribution >= 0.6 is 0 Å². The summed E-state index contributed by atoms with van der Waals surface area (Å²) in [7, 11) is 0. The van der Waals surface area contributed by atoms with Crippen molar-refractivity contribution in [2.24, 2.45) is 11.3 Å². The van der Waals surface area contributed by atoms with Gasteiger partial charge in [-0.25, -0.2) is 9.18 Å². The molecule has 1 aliphatic heterocycles. The summed E-state index contributed by atoms with van der Waals surface area (Å²) in [6.45, 7) is 6.30. The van der Waals surface area contributed by atoms with Crippen molar-refractivity contribution < 1.29 is 18.8 Å². The Morgan fingerprint density at radius 1 is 1.30 bits per heavy atom. The van der Waals surface area contributed by atoms with Gasteiger partial charge in [0.05, 0.1) is 6.54 Å². The van der Waals surface area contributed by atoms with Gasteiger partial charge in [-0.1, -0.05) is 39.3 Å². The van der Waals surface area contributed by atoms with Gasteiger partial charge < -0.3 is 5.32 Å². The van der Waals surface area contributed by atoms with E-state index >= 15 is 0 Å². The maximum Gasteiger partial charge on any atom is 0.325 e. The molecule has 0 aromatic heterocycles. The molecule has 1 aromatic rings. The van der Waals surface area contributed by atoms with Crippen molar-refractivity contribution >= 4 is 17.7 Å². The maximum absolute atomic E-state index is 13.3. The van der Waals surface area contributed by atoms with Crippen molar-refractivity contribution in [3.05, 3.63) is 35.6 Å². The highest BCUT2D eigenvalue weighted by Crippen LogP contribution is 2.45. The van der Waals surface area contributed by atoms with Gasteiger partial charge in [0, 0.05) is 5.56 Å². The number of benzene rings is 1. The van der Waals surface area contributed by atoms with E-state index in [1.165, 1.54) is 18.2 Å². The molecule has 0 bridgehead atoms. The minimum absolute atomic E-state index is 0.157. The number of hydrogen-bond donors (Lipinski definition) is 1. The summed E-state index contributed by atoms with van der Waals surface area (Å²) in [6, 6.07) is 4.76. The number of halogens is 1. The maximum atomic E-state index is 13.3. The number of rotatable bonds is 5. The number of nitrogens with one attached hydrogen (secondary N) is 1. The summed E-state index contributed by atoms with van der Waals surface area (Å²) in [5.41, 5.74) is -0.523. The van der Waals surface area contributed by atoms with Crippen molar-refractivity contribution in [1.29, 1.82) is 0 Å². The molecule has 6 heteroatoms. The number of carbonyl (C=O) groups excluding carboxylic acids is 3. The number of imide groups is 1. The predicted octanol–water partition coefficient (Wildman–Crippen LogP) is 3.93. The lowest BCUT2D eigenvalue weighted by molar-refractivity contribution is -0.132. The van der Waals surface area contributed by atoms with Crippen molar-refractivity contribution in [3.63, 3.8) is 0 Å². The zero-order valence-electron chi connectivity index (χ0n) is 16.2. The first kappa shape index (κ1) is 19.5. The minimum atomic E-state index is -0.889. The number of urea groups is 1. The molecule has 1 saturated carbocycles. The van der Waals surface area contributed by atoms with Gasteiger partial charge >= 0.3 is 6.03 Å². The highest BCUT2D eigenvalue weighted by Gasteiger charge is 2.53. The van der Waals surface area contributed by atoms with E-state index in [1.807, 2.05) is 0 Å². The summed E-state index contributed by atoms with van der Waals surface area (Å²) < 4.78 is 13.3. The molecule has 1 heterocycles. The van der Waals surface area contributed by atoms with Gasteiger partial charge in [-0.05, 0) is 49.1 Å². The molecule has 0 atom stereocenters. The van der Waals surface area contributed by atoms with Crippen LogP contribution in [0.3, 0.4) is 0 Å². The standard InChI is InChI=1S/C21H27FN2O3/c1-4-20(2,3)15-8-10-21(11-9-15)18(26)24(19(27)23-21)13-17(25)14-6-5-7-16(22)12-14/h5-7,12,15H,4,8-11,13H2,1-3H3,(H,23,27). The molecule has 0 radical (unpaired) electrons. The van der Waals surface area contributed by atoms with E-state index < -0.39 is 23.2 Å². The fraction of sp³-hybridized carbons (Fsp3) is 0.571. The Morgan fingerprint density at radius 3 is 2.56 bits per heavy atom. The molecule has 5 nitrogen and oxygen atoms in total. The molecule has 1 N–H and O–H groups in total. The second-order valence-electron chi connectivity index (χ2n) is 8.45. The first-order valence-electron chi connectivity index (χ1n) is 9.61. The number of hydrogen-bond acceptors (Lipinski definition) is 3. The van der Waals surface area contributed by atoms with Crippen LogP contribution in [0.2, 0.25) is 0 Å². The molecule has 0 unspecified atom stereocenters. The van der Waals surface area contributed by atoms with Crippen LogP contribution in [0.1, 0.15) is 63.2 Å². The molecular formula is C21H27FN2O3. The average Bonchev–Trinajstić information content (AvgIpc) is 2.86. The Balaban J connectivity index is 1.70. The van der Waals surface area contributed by atoms with Crippen molar-refractivity contribution in [2.45, 2.75) is 58.4 Å². The highest BCUT2D eigenvalue weighted by atomic mass is 19.1. The summed E-state index contributed by atoms with van der Waals surface area (Å²) in [5, 5.41) is 2.84. The third kappa shape index (κ3) is 3.62. The Morgan fingerprint density at radius 2 is 1.96 bits per heavy atom. The van der Waals surface area contributed by atoms with Crippen LogP contribution < -0.4 is 5.32 Å². The third-order valence-corrected chi connectivity index (χ3v) is 6.55. The van der Waals surface area contributed by atoms with Crippen molar-refractivity contribution in [3.8, 4) is 0 Å². The number of carbonyl (C=O) groups is 3. The lowest BCUT2D eigenvalue weighted by atomic mass is 9.65. The van der Waals surface area contributed by atoms with E-state index in [0.717, 1.165) is 30.2 Å². The van der Waals surface area contributed by atoms with Crippen molar-refractivity contribution in [2.75, 3.05) is 6.54 Å². The van der Waals surface area contributed by atoms with Gasteiger partial charge in [0.2, 0.25) is 0 Å². The molecule has 2 fully saturated rings. The van der Waals surface area contributed by atoms with Gasteiger partial charge in [-0.15, -0.1) is 0 Å². The fourth-order valence-corrected chi connectivity index (χ4v) is 4.24. The van der Waals surface area contributed by atoms with Crippen LogP contribution in [0.15, 0.2) is 24.3 Å². The first-order chi connectivity index (χ1) is 12.7. The molecule has 146 valence electrons. The van der Waals surface area contributed by atoms with E-state index in [9.17, 15) is 18.8 Å². The number of Topliss-reactive ketones (excluding diaryl/α,β-unsaturated/α-hetero) is 1. The van der Waals surface area contributed by atoms with E-state index in [1.54, 1.807) is 0 Å². The molecule has 1 aromatic carbocycles. The van der Waals surface area contributed by atoms with E-state index in [0.29, 0.717) is 18.8 Å².